The smallest absolute Gasteiger partial charge is 0.343 e. The highest BCUT2D eigenvalue weighted by molar-refractivity contribution is 5.89. The molecule has 4 N–H and O–H groups in total. The van der Waals surface area contributed by atoms with E-state index < -0.39 is 17.6 Å². The van der Waals surface area contributed by atoms with Crippen molar-refractivity contribution in [2.24, 2.45) is 16.8 Å². The largest absolute Gasteiger partial charge is 0.507 e. The molecule has 31 heavy (non-hydrogen) atoms. The van der Waals surface area contributed by atoms with Gasteiger partial charge in [-0.15, -0.1) is 0 Å². The average molecular weight is 422 g/mol. The zero-order valence-electron chi connectivity index (χ0n) is 17.7. The Morgan fingerprint density at radius 1 is 1.16 bits per heavy atom. The topological polar surface area (TPSA) is 121 Å². The van der Waals surface area contributed by atoms with Crippen LogP contribution < -0.4 is 16.8 Å². The maximum atomic E-state index is 13.1. The van der Waals surface area contributed by atoms with Crippen LogP contribution in [0.4, 0.5) is 4.79 Å². The lowest BCUT2D eigenvalue weighted by Crippen LogP contribution is -2.36. The number of aromatic hydroxyl groups is 1. The van der Waals surface area contributed by atoms with Gasteiger partial charge in [-0.1, -0.05) is 42.5 Å². The fourth-order valence-electron chi connectivity index (χ4n) is 3.78. The number of para-hydroxylation sites is 1. The van der Waals surface area contributed by atoms with Gasteiger partial charge in [0.2, 0.25) is 0 Å². The van der Waals surface area contributed by atoms with Gasteiger partial charge in [0.1, 0.15) is 11.3 Å². The van der Waals surface area contributed by atoms with E-state index in [0.29, 0.717) is 23.2 Å². The molecule has 2 unspecified atom stereocenters. The predicted molar refractivity (Wildman–Crippen MR) is 120 cm³/mol. The highest BCUT2D eigenvalue weighted by Crippen LogP contribution is 2.39. The fraction of sp³-hybridized carbons (Fsp3) is 0.261. The van der Waals surface area contributed by atoms with Crippen LogP contribution in [0.5, 0.6) is 5.75 Å². The molecule has 8 nitrogen and oxygen atoms in total. The van der Waals surface area contributed by atoms with Gasteiger partial charge in [-0.25, -0.2) is 15.0 Å². The summed E-state index contributed by atoms with van der Waals surface area (Å²) in [5.74, 6) is -1.08. The van der Waals surface area contributed by atoms with E-state index in [4.69, 9.17) is 10.2 Å². The van der Waals surface area contributed by atoms with E-state index in [1.807, 2.05) is 49.3 Å². The zero-order chi connectivity index (χ0) is 22.5. The molecular weight excluding hydrogens is 396 g/mol. The Hall–Kier alpha value is -3.65. The van der Waals surface area contributed by atoms with Crippen molar-refractivity contribution in [3.8, 4) is 5.75 Å². The van der Waals surface area contributed by atoms with Crippen LogP contribution in [0.25, 0.3) is 11.0 Å². The van der Waals surface area contributed by atoms with Crippen LogP contribution in [0.3, 0.4) is 0 Å². The van der Waals surface area contributed by atoms with Gasteiger partial charge in [-0.3, -0.25) is 0 Å². The number of benzene rings is 2. The average Bonchev–Trinajstić information content (AvgIpc) is 2.74. The van der Waals surface area contributed by atoms with Crippen molar-refractivity contribution in [3.63, 3.8) is 0 Å². The number of hydrazone groups is 1. The summed E-state index contributed by atoms with van der Waals surface area (Å²) >= 11 is 0. The third-order valence-corrected chi connectivity index (χ3v) is 5.13. The van der Waals surface area contributed by atoms with Crippen molar-refractivity contribution in [1.82, 2.24) is 10.3 Å². The van der Waals surface area contributed by atoms with E-state index in [9.17, 15) is 14.7 Å². The number of carbonyl (C=O) groups is 1. The Kier molecular flexibility index (Phi) is 6.71. The number of amides is 2. The standard InChI is InChI=1S/C23H26N4O4/c1-14(25-26-23(24)30)17(13-27(2)3)19(15-9-5-4-6-10-15)20-21(28)16-11-7-8-12-18(16)31-22(20)29/h4-12,17,19,28H,13H2,1-3H3,(H3,24,26,30)/b25-14-. The summed E-state index contributed by atoms with van der Waals surface area (Å²) in [4.78, 5) is 26.2. The van der Waals surface area contributed by atoms with Crippen molar-refractivity contribution in [1.29, 1.82) is 0 Å². The van der Waals surface area contributed by atoms with Crippen molar-refractivity contribution in [3.05, 3.63) is 76.1 Å². The molecule has 3 rings (SSSR count). The monoisotopic (exact) mass is 422 g/mol. The molecule has 0 aliphatic rings. The first-order valence-electron chi connectivity index (χ1n) is 9.83. The first-order chi connectivity index (χ1) is 14.8. The number of nitrogens with one attached hydrogen (secondary N) is 1. The number of urea groups is 1. The Balaban J connectivity index is 2.28. The normalized spacial score (nSPS) is 13.9. The van der Waals surface area contributed by atoms with Crippen LogP contribution in [0, 0.1) is 5.92 Å². The summed E-state index contributed by atoms with van der Waals surface area (Å²) in [6.07, 6.45) is 0. The Morgan fingerprint density at radius 3 is 2.45 bits per heavy atom. The SMILES string of the molecule is C/C(=N/NC(N)=O)C(CN(C)C)C(c1ccccc1)c1c(O)c2ccccc2oc1=O. The molecule has 0 saturated heterocycles. The van der Waals surface area contributed by atoms with Crippen LogP contribution in [-0.4, -0.2) is 42.4 Å². The van der Waals surface area contributed by atoms with Gasteiger partial charge in [0.25, 0.3) is 0 Å². The van der Waals surface area contributed by atoms with E-state index >= 15 is 0 Å². The number of carbonyl (C=O) groups excluding carboxylic acids is 1. The van der Waals surface area contributed by atoms with Crippen molar-refractivity contribution in [2.75, 3.05) is 20.6 Å². The van der Waals surface area contributed by atoms with Crippen LogP contribution in [0.2, 0.25) is 0 Å². The summed E-state index contributed by atoms with van der Waals surface area (Å²) in [6.45, 7) is 2.24. The summed E-state index contributed by atoms with van der Waals surface area (Å²) in [5.41, 5.74) is 8.63. The maximum Gasteiger partial charge on any atom is 0.343 e. The fourth-order valence-corrected chi connectivity index (χ4v) is 3.78. The van der Waals surface area contributed by atoms with Gasteiger partial charge in [0, 0.05) is 24.1 Å². The number of hydrogen-bond acceptors (Lipinski definition) is 6. The van der Waals surface area contributed by atoms with E-state index in [0.717, 1.165) is 5.56 Å². The second kappa shape index (κ2) is 9.44. The molecule has 1 heterocycles. The first-order valence-corrected chi connectivity index (χ1v) is 9.83. The molecule has 0 spiro atoms. The van der Waals surface area contributed by atoms with Gasteiger partial charge < -0.3 is 20.2 Å². The summed E-state index contributed by atoms with van der Waals surface area (Å²) < 4.78 is 5.55. The van der Waals surface area contributed by atoms with Crippen molar-refractivity contribution >= 4 is 22.7 Å². The molecule has 8 heteroatoms. The molecule has 0 radical (unpaired) electrons. The van der Waals surface area contributed by atoms with Crippen LogP contribution in [-0.2, 0) is 0 Å². The molecule has 0 fully saturated rings. The Morgan fingerprint density at radius 2 is 1.81 bits per heavy atom. The van der Waals surface area contributed by atoms with E-state index in [2.05, 4.69) is 10.5 Å². The Labute approximate surface area is 180 Å². The molecular formula is C23H26N4O4. The van der Waals surface area contributed by atoms with Gasteiger partial charge >= 0.3 is 11.7 Å². The third kappa shape index (κ3) is 4.92. The van der Waals surface area contributed by atoms with Crippen molar-refractivity contribution < 1.29 is 14.3 Å². The molecule has 3 aromatic rings. The van der Waals surface area contributed by atoms with E-state index in [1.54, 1.807) is 31.2 Å². The summed E-state index contributed by atoms with van der Waals surface area (Å²) in [5, 5.41) is 15.7. The number of hydrogen-bond donors (Lipinski definition) is 3. The number of nitrogens with zero attached hydrogens (tertiary/aromatic N) is 2. The Bertz CT molecular complexity index is 1160. The molecule has 0 bridgehead atoms. The van der Waals surface area contributed by atoms with E-state index in [-0.39, 0.29) is 17.2 Å². The molecule has 2 atom stereocenters. The maximum absolute atomic E-state index is 13.1. The van der Waals surface area contributed by atoms with Gasteiger partial charge in [0.15, 0.2) is 0 Å². The lowest BCUT2D eigenvalue weighted by Gasteiger charge is -2.30. The third-order valence-electron chi connectivity index (χ3n) is 5.13. The van der Waals surface area contributed by atoms with Gasteiger partial charge in [-0.2, -0.15) is 5.10 Å². The van der Waals surface area contributed by atoms with Crippen molar-refractivity contribution in [2.45, 2.75) is 12.8 Å². The van der Waals surface area contributed by atoms with Gasteiger partial charge in [0.05, 0.1) is 10.9 Å². The molecule has 1 aromatic heterocycles. The second-order valence-electron chi connectivity index (χ2n) is 7.63. The number of rotatable bonds is 7. The highest BCUT2D eigenvalue weighted by atomic mass is 16.4. The first kappa shape index (κ1) is 22.0. The second-order valence-corrected chi connectivity index (χ2v) is 7.63. The molecule has 162 valence electrons. The van der Waals surface area contributed by atoms with Crippen LogP contribution in [0.15, 0.2) is 68.9 Å². The summed E-state index contributed by atoms with van der Waals surface area (Å²) in [6, 6.07) is 15.4. The minimum atomic E-state index is -0.785. The lowest BCUT2D eigenvalue weighted by molar-refractivity contribution is 0.249. The van der Waals surface area contributed by atoms with Gasteiger partial charge in [-0.05, 0) is 38.7 Å². The quantitative estimate of drug-likeness (QED) is 0.307. The summed E-state index contributed by atoms with van der Waals surface area (Å²) in [7, 11) is 3.79. The molecule has 2 aromatic carbocycles. The molecule has 2 amide bonds. The minimum absolute atomic E-state index is 0.125. The number of fused-ring (bicyclic) bond motifs is 1. The number of nitrogens with two attached hydrogens (primary N) is 1. The number of primary amides is 1. The van der Waals surface area contributed by atoms with Crippen LogP contribution in [0.1, 0.15) is 24.0 Å². The predicted octanol–water partition coefficient (Wildman–Crippen LogP) is 2.85. The zero-order valence-corrected chi connectivity index (χ0v) is 17.7. The van der Waals surface area contributed by atoms with Crippen LogP contribution >= 0.6 is 0 Å². The van der Waals surface area contributed by atoms with E-state index in [1.165, 1.54) is 0 Å². The molecule has 0 aliphatic heterocycles. The molecule has 0 aliphatic carbocycles. The lowest BCUT2D eigenvalue weighted by atomic mass is 9.78. The minimum Gasteiger partial charge on any atom is -0.507 e. The highest BCUT2D eigenvalue weighted by Gasteiger charge is 2.33. The molecule has 0 saturated carbocycles.